The minimum atomic E-state index is -1.08. The summed E-state index contributed by atoms with van der Waals surface area (Å²) in [6.45, 7) is 1.99. The fourth-order valence-electron chi connectivity index (χ4n) is 1.38. The van der Waals surface area contributed by atoms with Crippen LogP contribution in [0.4, 0.5) is 11.5 Å². The SMILES string of the molecule is Cc1cccc(Nc2ccc(C(=O)O)nn2)c1. The van der Waals surface area contributed by atoms with Gasteiger partial charge < -0.3 is 10.4 Å². The van der Waals surface area contributed by atoms with Crippen LogP contribution in [0.1, 0.15) is 16.1 Å². The van der Waals surface area contributed by atoms with E-state index >= 15 is 0 Å². The van der Waals surface area contributed by atoms with Crippen LogP contribution in [0.5, 0.6) is 0 Å². The smallest absolute Gasteiger partial charge is 0.356 e. The van der Waals surface area contributed by atoms with Gasteiger partial charge in [-0.05, 0) is 36.8 Å². The quantitative estimate of drug-likeness (QED) is 0.844. The van der Waals surface area contributed by atoms with Gasteiger partial charge in [-0.2, -0.15) is 0 Å². The summed E-state index contributed by atoms with van der Waals surface area (Å²) >= 11 is 0. The molecule has 1 heterocycles. The van der Waals surface area contributed by atoms with E-state index in [2.05, 4.69) is 15.5 Å². The number of nitrogens with one attached hydrogen (secondary N) is 1. The molecule has 0 aliphatic carbocycles. The molecule has 1 aromatic heterocycles. The highest BCUT2D eigenvalue weighted by Gasteiger charge is 2.04. The van der Waals surface area contributed by atoms with Crippen molar-refractivity contribution in [3.8, 4) is 0 Å². The molecule has 86 valence electrons. The third kappa shape index (κ3) is 2.78. The Balaban J connectivity index is 2.16. The van der Waals surface area contributed by atoms with Crippen LogP contribution < -0.4 is 5.32 Å². The number of benzene rings is 1. The Kier molecular flexibility index (Phi) is 3.00. The second-order valence-electron chi connectivity index (χ2n) is 3.60. The molecular weight excluding hydrogens is 218 g/mol. The molecule has 0 spiro atoms. The molecule has 2 rings (SSSR count). The van der Waals surface area contributed by atoms with E-state index in [1.54, 1.807) is 6.07 Å². The molecule has 0 aliphatic heterocycles. The van der Waals surface area contributed by atoms with E-state index in [1.165, 1.54) is 6.07 Å². The van der Waals surface area contributed by atoms with Crippen LogP contribution >= 0.6 is 0 Å². The monoisotopic (exact) mass is 229 g/mol. The lowest BCUT2D eigenvalue weighted by molar-refractivity contribution is 0.0689. The summed E-state index contributed by atoms with van der Waals surface area (Å²) in [5.41, 5.74) is 1.95. The van der Waals surface area contributed by atoms with Crippen LogP contribution in [0.2, 0.25) is 0 Å². The van der Waals surface area contributed by atoms with Crippen molar-refractivity contribution >= 4 is 17.5 Å². The van der Waals surface area contributed by atoms with Crippen LogP contribution in [0, 0.1) is 6.92 Å². The molecule has 1 aromatic carbocycles. The number of hydrogen-bond acceptors (Lipinski definition) is 4. The predicted molar refractivity (Wildman–Crippen MR) is 63.5 cm³/mol. The first-order valence-corrected chi connectivity index (χ1v) is 5.06. The molecule has 5 nitrogen and oxygen atoms in total. The standard InChI is InChI=1S/C12H11N3O2/c1-8-3-2-4-9(7-8)13-11-6-5-10(12(16)17)14-15-11/h2-7H,1H3,(H,13,15)(H,16,17). The number of rotatable bonds is 3. The van der Waals surface area contributed by atoms with Gasteiger partial charge in [-0.15, -0.1) is 10.2 Å². The second-order valence-corrected chi connectivity index (χ2v) is 3.60. The summed E-state index contributed by atoms with van der Waals surface area (Å²) in [6.07, 6.45) is 0. The van der Waals surface area contributed by atoms with Gasteiger partial charge in [0.15, 0.2) is 11.5 Å². The molecule has 2 N–H and O–H groups in total. The number of anilines is 2. The summed E-state index contributed by atoms with van der Waals surface area (Å²) in [5.74, 6) is -0.569. The van der Waals surface area contributed by atoms with Crippen LogP contribution in [0.25, 0.3) is 0 Å². The Hall–Kier alpha value is -2.43. The van der Waals surface area contributed by atoms with E-state index < -0.39 is 5.97 Å². The average Bonchev–Trinajstić information content (AvgIpc) is 2.29. The summed E-state index contributed by atoms with van der Waals surface area (Å²) in [6, 6.07) is 10.8. The lowest BCUT2D eigenvalue weighted by Crippen LogP contribution is -2.03. The molecular formula is C12H11N3O2. The molecule has 2 aromatic rings. The van der Waals surface area contributed by atoms with Gasteiger partial charge in [-0.3, -0.25) is 0 Å². The van der Waals surface area contributed by atoms with Crippen molar-refractivity contribution < 1.29 is 9.90 Å². The van der Waals surface area contributed by atoms with Gasteiger partial charge in [0.1, 0.15) is 0 Å². The van der Waals surface area contributed by atoms with Gasteiger partial charge in [0.2, 0.25) is 0 Å². The number of nitrogens with zero attached hydrogens (tertiary/aromatic N) is 2. The highest BCUT2D eigenvalue weighted by molar-refractivity contribution is 5.85. The molecule has 0 saturated heterocycles. The number of aromatic nitrogens is 2. The number of carbonyl (C=O) groups is 1. The molecule has 0 bridgehead atoms. The molecule has 0 fully saturated rings. The first kappa shape index (κ1) is 11.1. The van der Waals surface area contributed by atoms with Gasteiger partial charge in [0, 0.05) is 5.69 Å². The zero-order chi connectivity index (χ0) is 12.3. The number of carboxylic acids is 1. The lowest BCUT2D eigenvalue weighted by Gasteiger charge is -2.05. The van der Waals surface area contributed by atoms with Crippen LogP contribution in [0.15, 0.2) is 36.4 Å². The molecule has 0 radical (unpaired) electrons. The van der Waals surface area contributed by atoms with Gasteiger partial charge >= 0.3 is 5.97 Å². The molecule has 0 atom stereocenters. The number of aromatic carboxylic acids is 1. The Morgan fingerprint density at radius 2 is 2.06 bits per heavy atom. The van der Waals surface area contributed by atoms with Crippen molar-refractivity contribution in [2.24, 2.45) is 0 Å². The third-order valence-corrected chi connectivity index (χ3v) is 2.17. The number of aryl methyl sites for hydroxylation is 1. The van der Waals surface area contributed by atoms with Crippen LogP contribution in [-0.4, -0.2) is 21.3 Å². The zero-order valence-corrected chi connectivity index (χ0v) is 9.21. The van der Waals surface area contributed by atoms with E-state index in [-0.39, 0.29) is 5.69 Å². The van der Waals surface area contributed by atoms with Crippen molar-refractivity contribution in [3.05, 3.63) is 47.7 Å². The molecule has 0 unspecified atom stereocenters. The van der Waals surface area contributed by atoms with Gasteiger partial charge in [0.05, 0.1) is 0 Å². The topological polar surface area (TPSA) is 75.1 Å². The molecule has 0 amide bonds. The maximum atomic E-state index is 10.6. The van der Waals surface area contributed by atoms with Crippen molar-refractivity contribution in [1.82, 2.24) is 10.2 Å². The van der Waals surface area contributed by atoms with Crippen LogP contribution in [-0.2, 0) is 0 Å². The number of hydrogen-bond donors (Lipinski definition) is 2. The molecule has 0 saturated carbocycles. The first-order valence-electron chi connectivity index (χ1n) is 5.06. The van der Waals surface area contributed by atoms with E-state index in [0.717, 1.165) is 11.3 Å². The predicted octanol–water partition coefficient (Wildman–Crippen LogP) is 2.23. The maximum Gasteiger partial charge on any atom is 0.356 e. The highest BCUT2D eigenvalue weighted by Crippen LogP contribution is 2.14. The fourth-order valence-corrected chi connectivity index (χ4v) is 1.38. The van der Waals surface area contributed by atoms with Crippen molar-refractivity contribution in [1.29, 1.82) is 0 Å². The largest absolute Gasteiger partial charge is 0.476 e. The van der Waals surface area contributed by atoms with Gasteiger partial charge in [-0.25, -0.2) is 4.79 Å². The minimum absolute atomic E-state index is 0.0696. The second kappa shape index (κ2) is 4.61. The maximum absolute atomic E-state index is 10.6. The van der Waals surface area contributed by atoms with E-state index in [0.29, 0.717) is 5.82 Å². The lowest BCUT2D eigenvalue weighted by atomic mass is 10.2. The Labute approximate surface area is 98.1 Å². The Bertz CT molecular complexity index is 538. The van der Waals surface area contributed by atoms with Gasteiger partial charge in [-0.1, -0.05) is 12.1 Å². The fraction of sp³-hybridized carbons (Fsp3) is 0.0833. The summed E-state index contributed by atoms with van der Waals surface area (Å²) in [4.78, 5) is 10.6. The molecule has 0 aliphatic rings. The Morgan fingerprint density at radius 3 is 2.65 bits per heavy atom. The zero-order valence-electron chi connectivity index (χ0n) is 9.21. The normalized spacial score (nSPS) is 9.94. The third-order valence-electron chi connectivity index (χ3n) is 2.17. The van der Waals surface area contributed by atoms with Crippen molar-refractivity contribution in [2.45, 2.75) is 6.92 Å². The minimum Gasteiger partial charge on any atom is -0.476 e. The number of carboxylic acid groups (broad SMARTS) is 1. The van der Waals surface area contributed by atoms with Crippen molar-refractivity contribution in [3.63, 3.8) is 0 Å². The van der Waals surface area contributed by atoms with E-state index in [1.807, 2.05) is 31.2 Å². The summed E-state index contributed by atoms with van der Waals surface area (Å²) in [7, 11) is 0. The average molecular weight is 229 g/mol. The molecule has 5 heteroatoms. The van der Waals surface area contributed by atoms with E-state index in [4.69, 9.17) is 5.11 Å². The van der Waals surface area contributed by atoms with Crippen LogP contribution in [0.3, 0.4) is 0 Å². The Morgan fingerprint density at radius 1 is 1.24 bits per heavy atom. The van der Waals surface area contributed by atoms with Crippen molar-refractivity contribution in [2.75, 3.05) is 5.32 Å². The first-order chi connectivity index (χ1) is 8.15. The highest BCUT2D eigenvalue weighted by atomic mass is 16.4. The molecule has 17 heavy (non-hydrogen) atoms. The summed E-state index contributed by atoms with van der Waals surface area (Å²) < 4.78 is 0. The van der Waals surface area contributed by atoms with E-state index in [9.17, 15) is 4.79 Å². The summed E-state index contributed by atoms with van der Waals surface area (Å²) in [5, 5.41) is 19.1. The van der Waals surface area contributed by atoms with Gasteiger partial charge in [0.25, 0.3) is 0 Å².